The highest BCUT2D eigenvalue weighted by molar-refractivity contribution is 6.07. The lowest BCUT2D eigenvalue weighted by molar-refractivity contribution is 0.101. The fraction of sp³-hybridized carbons (Fsp3) is 0.105. The van der Waals surface area contributed by atoms with Gasteiger partial charge in [0.15, 0.2) is 5.78 Å². The van der Waals surface area contributed by atoms with Gasteiger partial charge in [0.2, 0.25) is 0 Å². The topological polar surface area (TPSA) is 53.8 Å². The average Bonchev–Trinajstić information content (AvgIpc) is 2.53. The second kappa shape index (κ2) is 5.62. The predicted molar refractivity (Wildman–Crippen MR) is 86.6 cm³/mol. The van der Waals surface area contributed by atoms with Gasteiger partial charge < -0.3 is 0 Å². The van der Waals surface area contributed by atoms with Gasteiger partial charge in [0, 0.05) is 16.5 Å². The fourth-order valence-corrected chi connectivity index (χ4v) is 2.64. The first kappa shape index (κ1) is 14.9. The Morgan fingerprint density at radius 3 is 2.48 bits per heavy atom. The normalized spacial score (nSPS) is 10.5. The van der Waals surface area contributed by atoms with Crippen molar-refractivity contribution in [2.45, 2.75) is 13.8 Å². The number of hydrogen-bond acceptors (Lipinski definition) is 3. The molecular formula is C19H13FN2O. The van der Waals surface area contributed by atoms with Crippen LogP contribution in [0.25, 0.3) is 22.0 Å². The lowest BCUT2D eigenvalue weighted by atomic mass is 9.97. The number of nitrogens with zero attached hydrogens (tertiary/aromatic N) is 2. The van der Waals surface area contributed by atoms with Gasteiger partial charge in [-0.15, -0.1) is 0 Å². The van der Waals surface area contributed by atoms with Crippen molar-refractivity contribution in [2.24, 2.45) is 0 Å². The number of rotatable bonds is 2. The molecule has 1 heterocycles. The van der Waals surface area contributed by atoms with E-state index < -0.39 is 0 Å². The Labute approximate surface area is 133 Å². The Hall–Kier alpha value is -3.06. The summed E-state index contributed by atoms with van der Waals surface area (Å²) in [6.45, 7) is 3.39. The molecule has 2 aromatic carbocycles. The highest BCUT2D eigenvalue weighted by Crippen LogP contribution is 2.29. The van der Waals surface area contributed by atoms with Crippen LogP contribution in [0.2, 0.25) is 0 Å². The summed E-state index contributed by atoms with van der Waals surface area (Å²) < 4.78 is 13.1. The molecule has 23 heavy (non-hydrogen) atoms. The van der Waals surface area contributed by atoms with Gasteiger partial charge >= 0.3 is 0 Å². The van der Waals surface area contributed by atoms with Crippen molar-refractivity contribution >= 4 is 16.7 Å². The highest BCUT2D eigenvalue weighted by Gasteiger charge is 2.14. The van der Waals surface area contributed by atoms with Crippen LogP contribution in [-0.4, -0.2) is 10.8 Å². The Morgan fingerprint density at radius 1 is 1.17 bits per heavy atom. The van der Waals surface area contributed by atoms with E-state index in [0.717, 1.165) is 5.56 Å². The van der Waals surface area contributed by atoms with Crippen molar-refractivity contribution in [1.82, 2.24) is 4.98 Å². The second-order valence-corrected chi connectivity index (χ2v) is 5.44. The van der Waals surface area contributed by atoms with Crippen LogP contribution in [0.1, 0.15) is 28.5 Å². The monoisotopic (exact) mass is 304 g/mol. The Bertz CT molecular complexity index is 969. The Kier molecular flexibility index (Phi) is 3.63. The number of halogens is 1. The summed E-state index contributed by atoms with van der Waals surface area (Å²) in [5, 5.41) is 10.1. The first-order valence-corrected chi connectivity index (χ1v) is 7.12. The molecule has 0 amide bonds. The van der Waals surface area contributed by atoms with Crippen molar-refractivity contribution in [3.05, 3.63) is 65.1 Å². The standard InChI is InChI=1S/C19H13FN2O/c1-11-7-15(12(2)23)17-9-16(13-3-5-14(20)6-4-13)19(10-21)22-18(17)8-11/h3-9H,1-2H3. The molecule has 0 aliphatic rings. The zero-order chi connectivity index (χ0) is 16.6. The Morgan fingerprint density at radius 2 is 1.87 bits per heavy atom. The number of aryl methyl sites for hydroxylation is 1. The van der Waals surface area contributed by atoms with Gasteiger partial charge in [-0.05, 0) is 55.3 Å². The van der Waals surface area contributed by atoms with Gasteiger partial charge in [-0.1, -0.05) is 12.1 Å². The number of Topliss-reactive ketones (excluding diaryl/α,β-unsaturated/α-hetero) is 1. The van der Waals surface area contributed by atoms with Crippen LogP contribution < -0.4 is 0 Å². The molecule has 3 rings (SSSR count). The molecule has 0 unspecified atom stereocenters. The zero-order valence-electron chi connectivity index (χ0n) is 12.7. The molecule has 0 bridgehead atoms. The van der Waals surface area contributed by atoms with Crippen molar-refractivity contribution < 1.29 is 9.18 Å². The molecule has 112 valence electrons. The minimum Gasteiger partial charge on any atom is -0.294 e. The predicted octanol–water partition coefficient (Wildman–Crippen LogP) is 4.42. The molecule has 3 aromatic rings. The van der Waals surface area contributed by atoms with Crippen LogP contribution >= 0.6 is 0 Å². The molecule has 0 N–H and O–H groups in total. The van der Waals surface area contributed by atoms with Crippen molar-refractivity contribution in [3.8, 4) is 17.2 Å². The van der Waals surface area contributed by atoms with Crippen LogP contribution in [0.3, 0.4) is 0 Å². The maximum absolute atomic E-state index is 13.1. The number of carbonyl (C=O) groups excluding carboxylic acids is 1. The van der Waals surface area contributed by atoms with E-state index in [-0.39, 0.29) is 17.3 Å². The summed E-state index contributed by atoms with van der Waals surface area (Å²) in [6.07, 6.45) is 0. The minimum atomic E-state index is -0.346. The second-order valence-electron chi connectivity index (χ2n) is 5.44. The van der Waals surface area contributed by atoms with E-state index in [2.05, 4.69) is 11.1 Å². The SMILES string of the molecule is CC(=O)c1cc(C)cc2nc(C#N)c(-c3ccc(F)cc3)cc12. The van der Waals surface area contributed by atoms with Crippen LogP contribution in [0, 0.1) is 24.1 Å². The van der Waals surface area contributed by atoms with Crippen molar-refractivity contribution in [2.75, 3.05) is 0 Å². The van der Waals surface area contributed by atoms with Gasteiger partial charge in [-0.25, -0.2) is 9.37 Å². The van der Waals surface area contributed by atoms with E-state index in [9.17, 15) is 14.4 Å². The number of carbonyl (C=O) groups is 1. The molecule has 0 spiro atoms. The summed E-state index contributed by atoms with van der Waals surface area (Å²) in [7, 11) is 0. The minimum absolute atomic E-state index is 0.0599. The molecule has 3 nitrogen and oxygen atoms in total. The molecule has 0 atom stereocenters. The molecule has 0 radical (unpaired) electrons. The van der Waals surface area contributed by atoms with Crippen LogP contribution in [0.5, 0.6) is 0 Å². The molecule has 0 aliphatic carbocycles. The highest BCUT2D eigenvalue weighted by atomic mass is 19.1. The van der Waals surface area contributed by atoms with Gasteiger partial charge in [0.25, 0.3) is 0 Å². The lowest BCUT2D eigenvalue weighted by Crippen LogP contribution is -1.99. The summed E-state index contributed by atoms with van der Waals surface area (Å²) in [6, 6.07) is 13.4. The van der Waals surface area contributed by atoms with Gasteiger partial charge in [0.05, 0.1) is 5.52 Å². The molecule has 0 saturated carbocycles. The summed E-state index contributed by atoms with van der Waals surface area (Å²) in [5.41, 5.74) is 3.62. The molecular weight excluding hydrogens is 291 g/mol. The lowest BCUT2D eigenvalue weighted by Gasteiger charge is -2.10. The number of nitriles is 1. The summed E-state index contributed by atoms with van der Waals surface area (Å²) in [4.78, 5) is 16.3. The maximum atomic E-state index is 13.1. The number of hydrogen-bond donors (Lipinski definition) is 0. The molecule has 0 fully saturated rings. The number of fused-ring (bicyclic) bond motifs is 1. The van der Waals surface area contributed by atoms with Crippen molar-refractivity contribution in [3.63, 3.8) is 0 Å². The average molecular weight is 304 g/mol. The number of pyridine rings is 1. The number of benzene rings is 2. The fourth-order valence-electron chi connectivity index (χ4n) is 2.64. The van der Waals surface area contributed by atoms with Gasteiger partial charge in [0.1, 0.15) is 17.6 Å². The molecule has 0 saturated heterocycles. The third-order valence-corrected chi connectivity index (χ3v) is 3.72. The molecule has 0 aliphatic heterocycles. The smallest absolute Gasteiger partial charge is 0.160 e. The largest absolute Gasteiger partial charge is 0.294 e. The van der Waals surface area contributed by atoms with E-state index >= 15 is 0 Å². The summed E-state index contributed by atoms with van der Waals surface area (Å²) >= 11 is 0. The van der Waals surface area contributed by atoms with E-state index in [1.54, 1.807) is 18.2 Å². The quantitative estimate of drug-likeness (QED) is 0.658. The van der Waals surface area contributed by atoms with E-state index in [1.165, 1.54) is 19.1 Å². The third kappa shape index (κ3) is 2.69. The molecule has 1 aromatic heterocycles. The van der Waals surface area contributed by atoms with E-state index in [0.29, 0.717) is 27.6 Å². The third-order valence-electron chi connectivity index (χ3n) is 3.72. The number of aromatic nitrogens is 1. The van der Waals surface area contributed by atoms with E-state index in [1.807, 2.05) is 19.1 Å². The first-order valence-electron chi connectivity index (χ1n) is 7.12. The van der Waals surface area contributed by atoms with Crippen LogP contribution in [0.15, 0.2) is 42.5 Å². The van der Waals surface area contributed by atoms with Gasteiger partial charge in [-0.3, -0.25) is 4.79 Å². The van der Waals surface area contributed by atoms with Crippen LogP contribution in [0.4, 0.5) is 4.39 Å². The Balaban J connectivity index is 2.36. The maximum Gasteiger partial charge on any atom is 0.160 e. The summed E-state index contributed by atoms with van der Waals surface area (Å²) in [5.74, 6) is -0.406. The van der Waals surface area contributed by atoms with Gasteiger partial charge in [-0.2, -0.15) is 5.26 Å². The number of ketones is 1. The van der Waals surface area contributed by atoms with Crippen LogP contribution in [-0.2, 0) is 0 Å². The first-order chi connectivity index (χ1) is 11.0. The molecule has 4 heteroatoms. The van der Waals surface area contributed by atoms with Crippen molar-refractivity contribution in [1.29, 1.82) is 5.26 Å². The zero-order valence-corrected chi connectivity index (χ0v) is 12.7. The van der Waals surface area contributed by atoms with E-state index in [4.69, 9.17) is 0 Å².